The minimum Gasteiger partial charge on any atom is -0.398 e. The number of nitrogens with zero attached hydrogens (tertiary/aromatic N) is 4. The molecule has 0 aromatic rings. The van der Waals surface area contributed by atoms with Gasteiger partial charge in [-0.25, -0.2) is 5.48 Å². The molecule has 0 fully saturated rings. The summed E-state index contributed by atoms with van der Waals surface area (Å²) in [6.45, 7) is 21.5. The topological polar surface area (TPSA) is 167 Å². The van der Waals surface area contributed by atoms with E-state index < -0.39 is 0 Å². The first-order valence-corrected chi connectivity index (χ1v) is 9.39. The molecule has 11 heteroatoms. The third-order valence-corrected chi connectivity index (χ3v) is 1.54. The number of rotatable bonds is 6. The smallest absolute Gasteiger partial charge is 0.0255 e. The number of hydrogen-bond donors (Lipinski definition) is 4. The van der Waals surface area contributed by atoms with E-state index in [1.165, 1.54) is 12.8 Å². The number of halogens is 1. The van der Waals surface area contributed by atoms with Crippen LogP contribution in [-0.4, -0.2) is 24.8 Å². The Labute approximate surface area is 186 Å². The standard InChI is InChI=1S/C4H10.C3H7N3.C3H9NO.C3H9N.C2H6.C2H5.Cm.HI.H2N3/c1-3-4-2;1-2-3-5-6-4;1-2-3-4-5;1-2-3-4;2*1-2;;;1-3-2/h3-4H2,1-2H3;2-3H2,1H3;4-5H,2-3H2,1H3;2-4H2,1H3;1-2H3;1H2,2H3;;1H;(H2-,1,2)/q;;;;;-1;;;-1. The summed E-state index contributed by atoms with van der Waals surface area (Å²) in [6.07, 6.45) is 5.65. The summed E-state index contributed by atoms with van der Waals surface area (Å²) >= 11 is 0. The fourth-order valence-electron chi connectivity index (χ4n) is 0.257. The number of hydrogen-bond acceptors (Lipinski definition) is 6. The minimum atomic E-state index is 0. The van der Waals surface area contributed by atoms with E-state index >= 15 is 0 Å². The summed E-state index contributed by atoms with van der Waals surface area (Å²) in [5.41, 5.74) is 20.2. The second kappa shape index (κ2) is 141. The molecule has 0 amide bonds. The van der Waals surface area contributed by atoms with Crippen LogP contribution in [0.15, 0.2) is 10.3 Å². The number of azide groups is 1. The van der Waals surface area contributed by atoms with Gasteiger partial charge in [0.05, 0.1) is 0 Å². The molecule has 0 aromatic carbocycles. The third kappa shape index (κ3) is 467. The van der Waals surface area contributed by atoms with Crippen molar-refractivity contribution in [3.8, 4) is 0 Å². The Morgan fingerprint density at radius 3 is 1.39 bits per heavy atom. The van der Waals surface area contributed by atoms with Crippen LogP contribution in [0.2, 0.25) is 0 Å². The number of hydroxylamine groups is 1. The first kappa shape index (κ1) is 56.2. The number of nitrogens with one attached hydrogen (secondary N) is 3. The van der Waals surface area contributed by atoms with Gasteiger partial charge in [-0.15, -0.1) is 24.0 Å². The molecule has 180 valence electrons. The molecule has 0 aliphatic heterocycles. The Balaban J connectivity index is -0.0000000219. The molecule has 9 nitrogen and oxygen atoms in total. The van der Waals surface area contributed by atoms with Gasteiger partial charge in [0.1, 0.15) is 0 Å². The van der Waals surface area contributed by atoms with Gasteiger partial charge >= 0.3 is 0 Å². The van der Waals surface area contributed by atoms with E-state index in [9.17, 15) is 0 Å². The van der Waals surface area contributed by atoms with Crippen molar-refractivity contribution in [3.05, 3.63) is 23.2 Å². The Morgan fingerprint density at radius 1 is 1.04 bits per heavy atom. The molecule has 0 heterocycles. The molecule has 0 aliphatic carbocycles. The molecule has 0 aliphatic rings. The molecule has 0 saturated heterocycles. The monoisotopic (exact) mass is 751 g/mol. The van der Waals surface area contributed by atoms with Crippen LogP contribution in [0.3, 0.4) is 0 Å². The minimum absolute atomic E-state index is 0. The molecule has 0 rings (SSSR count). The summed E-state index contributed by atoms with van der Waals surface area (Å²) in [5, 5.41) is 13.1. The molecule has 0 radical (unpaired) electrons. The maximum atomic E-state index is 7.82. The first-order valence-electron chi connectivity index (χ1n) is 9.39. The van der Waals surface area contributed by atoms with Crippen molar-refractivity contribution < 1.29 is 5.21 Å². The van der Waals surface area contributed by atoms with Crippen LogP contribution >= 0.6 is 24.0 Å². The predicted molar refractivity (Wildman–Crippen MR) is 132 cm³/mol. The van der Waals surface area contributed by atoms with Gasteiger partial charge in [-0.2, -0.15) is 6.92 Å². The molecular formula is C17H49CmIN8O-2. The van der Waals surface area contributed by atoms with E-state index in [4.69, 9.17) is 27.8 Å². The van der Waals surface area contributed by atoms with Gasteiger partial charge < -0.3 is 29.2 Å². The van der Waals surface area contributed by atoms with Crippen molar-refractivity contribution in [1.82, 2.24) is 5.48 Å². The molecule has 0 bridgehead atoms. The summed E-state index contributed by atoms with van der Waals surface area (Å²) < 4.78 is 0. The van der Waals surface area contributed by atoms with Gasteiger partial charge in [-0.3, -0.25) is 5.22 Å². The van der Waals surface area contributed by atoms with Crippen LogP contribution in [0.25, 0.3) is 16.3 Å². The Morgan fingerprint density at radius 2 is 1.36 bits per heavy atom. The molecule has 0 unspecified atom stereocenters. The third-order valence-electron chi connectivity index (χ3n) is 1.54. The van der Waals surface area contributed by atoms with Crippen LogP contribution in [0.4, 0.5) is 0 Å². The summed E-state index contributed by atoms with van der Waals surface area (Å²) in [4.78, 5) is 2.55. The van der Waals surface area contributed by atoms with E-state index in [2.05, 4.69) is 37.7 Å². The molecule has 0 atom stereocenters. The van der Waals surface area contributed by atoms with Gasteiger partial charge in [0.15, 0.2) is 0 Å². The quantitative estimate of drug-likeness (QED) is 0.0546. The average molecular weight is 756 g/mol. The van der Waals surface area contributed by atoms with Gasteiger partial charge in [0.25, 0.3) is 0 Å². The van der Waals surface area contributed by atoms with Crippen LogP contribution in [0, 0.1) is 12.5 Å². The Bertz CT molecular complexity index is 192. The van der Waals surface area contributed by atoms with Crippen molar-refractivity contribution in [2.24, 2.45) is 16.1 Å². The Kier molecular flexibility index (Phi) is 282. The normalized spacial score (nSPS) is 5.96. The van der Waals surface area contributed by atoms with E-state index in [1.54, 1.807) is 6.92 Å². The van der Waals surface area contributed by atoms with Crippen molar-refractivity contribution in [3.63, 3.8) is 0 Å². The molecule has 0 aromatic heterocycles. The predicted octanol–water partition coefficient (Wildman–Crippen LogP) is 7.71. The van der Waals surface area contributed by atoms with E-state index in [-0.39, 0.29) is 24.0 Å². The summed E-state index contributed by atoms with van der Waals surface area (Å²) in [7, 11) is 0. The van der Waals surface area contributed by atoms with Crippen molar-refractivity contribution >= 4 is 24.0 Å². The van der Waals surface area contributed by atoms with Crippen LogP contribution in [0.1, 0.15) is 87.5 Å². The maximum Gasteiger partial charge on any atom is 0.0255 e. The van der Waals surface area contributed by atoms with E-state index in [0.29, 0.717) is 13.1 Å². The number of unbranched alkanes of at least 4 members (excludes halogenated alkanes) is 1. The average Bonchev–Trinajstić information content (AvgIpc) is 2.71. The maximum absolute atomic E-state index is 7.82. The fourth-order valence-corrected chi connectivity index (χ4v) is 0.257. The second-order valence-corrected chi connectivity index (χ2v) is 3.76. The van der Waals surface area contributed by atoms with Crippen molar-refractivity contribution in [2.45, 2.75) is 87.5 Å². The van der Waals surface area contributed by atoms with Crippen LogP contribution in [0.5, 0.6) is 0 Å². The SMILES string of the molecule is CC.CCCC.CCCN.CCCN=[N+]=[N-].CCCNO.I.N=N[NH-].[CH2-]C.[Cm]. The summed E-state index contributed by atoms with van der Waals surface area (Å²) in [6, 6.07) is 0. The largest absolute Gasteiger partial charge is 0.398 e. The molecule has 0 spiro atoms. The molecular weight excluding hydrogens is 706 g/mol. The molecule has 28 heavy (non-hydrogen) atoms. The second-order valence-electron chi connectivity index (χ2n) is 3.76. The van der Waals surface area contributed by atoms with Crippen LogP contribution < -0.4 is 11.2 Å². The van der Waals surface area contributed by atoms with Gasteiger partial charge in [0.2, 0.25) is 0 Å². The van der Waals surface area contributed by atoms with E-state index in [0.717, 1.165) is 25.8 Å². The zero-order valence-corrected chi connectivity index (χ0v) is 24.7. The van der Waals surface area contributed by atoms with Gasteiger partial charge in [-0.05, 0) is 24.9 Å². The van der Waals surface area contributed by atoms with Gasteiger partial charge in [0, 0.05) is 18.0 Å². The first-order chi connectivity index (χ1) is 12.6. The van der Waals surface area contributed by atoms with Crippen molar-refractivity contribution in [2.75, 3.05) is 19.6 Å². The van der Waals surface area contributed by atoms with Crippen molar-refractivity contribution in [1.29, 1.82) is 5.53 Å². The molecule has 0 saturated carbocycles. The molecule has 6 N–H and O–H groups in total. The zero-order chi connectivity index (χ0) is 22.5. The van der Waals surface area contributed by atoms with E-state index in [1.807, 2.05) is 38.4 Å². The fraction of sp³-hybridized carbons (Fsp3) is 0.941. The van der Waals surface area contributed by atoms with Gasteiger partial charge in [-0.1, -0.05) is 72.8 Å². The van der Waals surface area contributed by atoms with Crippen LogP contribution in [-0.2, 0) is 0 Å². The summed E-state index contributed by atoms with van der Waals surface area (Å²) in [5.74, 6) is 5.50. The Hall–Kier alpha value is -1.68. The number of nitrogens with two attached hydrogens (primary N) is 1. The zero-order valence-electron chi connectivity index (χ0n) is 19.4.